The maximum atomic E-state index is 12.9. The Morgan fingerprint density at radius 1 is 0.686 bits per heavy atom. The summed E-state index contributed by atoms with van der Waals surface area (Å²) in [5.74, 6) is -0.0447. The van der Waals surface area contributed by atoms with Crippen molar-refractivity contribution in [3.8, 4) is 5.75 Å². The van der Waals surface area contributed by atoms with Crippen molar-refractivity contribution in [3.05, 3.63) is 149 Å². The van der Waals surface area contributed by atoms with Crippen LogP contribution in [0.1, 0.15) is 16.7 Å². The highest BCUT2D eigenvalue weighted by molar-refractivity contribution is 7.99. The molecule has 4 aromatic carbocycles. The lowest BCUT2D eigenvalue weighted by molar-refractivity contribution is -0.268. The van der Waals surface area contributed by atoms with Gasteiger partial charge >= 0.3 is 0 Å². The second-order valence-electron chi connectivity index (χ2n) is 8.89. The largest absolute Gasteiger partial charge is 0.872 e. The molecule has 4 aromatic rings. The molecule has 168 valence electrons. The predicted molar refractivity (Wildman–Crippen MR) is 144 cm³/mol. The molecule has 0 bridgehead atoms. The Kier molecular flexibility index (Phi) is 5.13. The minimum atomic E-state index is -2.52. The van der Waals surface area contributed by atoms with Crippen molar-refractivity contribution < 1.29 is 9.90 Å². The maximum Gasteiger partial charge on any atom is 0.182 e. The summed E-state index contributed by atoms with van der Waals surface area (Å²) in [5.41, 5.74) is 5.47. The van der Waals surface area contributed by atoms with E-state index in [1.807, 2.05) is 72.8 Å². The van der Waals surface area contributed by atoms with E-state index in [-0.39, 0.29) is 11.5 Å². The second-order valence-corrected chi connectivity index (χ2v) is 12.2. The minimum absolute atomic E-state index is 0.0224. The molecule has 0 fully saturated rings. The van der Waals surface area contributed by atoms with Crippen LogP contribution in [0.2, 0.25) is 0 Å². The van der Waals surface area contributed by atoms with E-state index in [1.165, 1.54) is 0 Å². The molecule has 0 atom stereocenters. The number of aryl methyl sites for hydroxylation is 1. The van der Waals surface area contributed by atoms with Crippen molar-refractivity contribution in [2.24, 2.45) is 0 Å². The standard InChI is InChI=1S/C32H23O2P/c1-22-10-8-9-15-27(22)32-28-18-16-23(33)20-30(28)35(25-11-4-2-5-12-25,26-13-6-3-7-14-26)31-21-24(34)17-19-29(31)32/h2-21H,1H3. The van der Waals surface area contributed by atoms with Gasteiger partial charge in [0.1, 0.15) is 28.5 Å². The van der Waals surface area contributed by atoms with Crippen molar-refractivity contribution in [1.82, 2.24) is 0 Å². The first-order valence-corrected chi connectivity index (χ1v) is 13.5. The molecule has 1 heterocycles. The molecule has 3 heteroatoms. The van der Waals surface area contributed by atoms with E-state index in [2.05, 4.69) is 43.3 Å². The van der Waals surface area contributed by atoms with Crippen LogP contribution >= 0.6 is 7.26 Å². The summed E-state index contributed by atoms with van der Waals surface area (Å²) >= 11 is 0. The quantitative estimate of drug-likeness (QED) is 0.386. The molecule has 0 saturated heterocycles. The third kappa shape index (κ3) is 3.26. The molecule has 0 unspecified atom stereocenters. The molecule has 0 amide bonds. The molecule has 0 N–H and O–H groups in total. The van der Waals surface area contributed by atoms with Crippen molar-refractivity contribution in [3.63, 3.8) is 0 Å². The fraction of sp³-hybridized carbons (Fsp3) is 0.0312. The number of allylic oxidation sites excluding steroid dienone is 5. The van der Waals surface area contributed by atoms with Gasteiger partial charge in [-0.25, -0.2) is 0 Å². The van der Waals surface area contributed by atoms with E-state index in [0.29, 0.717) is 0 Å². The highest BCUT2D eigenvalue weighted by Gasteiger charge is 2.55. The molecule has 1 aliphatic heterocycles. The average Bonchev–Trinajstić information content (AvgIpc) is 2.89. The van der Waals surface area contributed by atoms with E-state index in [0.717, 1.165) is 49.1 Å². The Hall–Kier alpha value is -4.00. The van der Waals surface area contributed by atoms with Crippen LogP contribution in [-0.4, -0.2) is 5.78 Å². The fourth-order valence-electron chi connectivity index (χ4n) is 5.43. The number of carbonyl (C=O) groups is 1. The molecule has 1 aliphatic carbocycles. The van der Waals surface area contributed by atoms with E-state index >= 15 is 0 Å². The number of rotatable bonds is 3. The van der Waals surface area contributed by atoms with E-state index in [1.54, 1.807) is 12.1 Å². The number of ketones is 1. The molecule has 6 rings (SSSR count). The van der Waals surface area contributed by atoms with Gasteiger partial charge in [-0.05, 0) is 60.5 Å². The van der Waals surface area contributed by atoms with Gasteiger partial charge in [-0.1, -0.05) is 72.8 Å². The average molecular weight is 471 g/mol. The van der Waals surface area contributed by atoms with E-state index in [4.69, 9.17) is 0 Å². The number of carbonyl (C=O) groups excluding carboxylic acids is 1. The summed E-state index contributed by atoms with van der Waals surface area (Å²) in [6, 6.07) is 34.5. The van der Waals surface area contributed by atoms with Crippen LogP contribution < -0.4 is 21.0 Å². The van der Waals surface area contributed by atoms with Crippen LogP contribution in [0.4, 0.5) is 0 Å². The summed E-state index contributed by atoms with van der Waals surface area (Å²) < 4.78 is 0. The lowest BCUT2D eigenvalue weighted by atomic mass is 9.88. The Labute approximate surface area is 205 Å². The number of hydrogen-bond donors (Lipinski definition) is 0. The Morgan fingerprint density at radius 3 is 1.97 bits per heavy atom. The summed E-state index contributed by atoms with van der Waals surface area (Å²) in [6.45, 7) is 2.11. The smallest absolute Gasteiger partial charge is 0.182 e. The lowest BCUT2D eigenvalue weighted by Crippen LogP contribution is -2.38. The highest BCUT2D eigenvalue weighted by atomic mass is 31.2. The van der Waals surface area contributed by atoms with Crippen molar-refractivity contribution in [2.45, 2.75) is 6.92 Å². The van der Waals surface area contributed by atoms with Crippen LogP contribution in [0.5, 0.6) is 5.75 Å². The zero-order valence-corrected chi connectivity index (χ0v) is 20.2. The molecule has 0 radical (unpaired) electrons. The minimum Gasteiger partial charge on any atom is -0.872 e. The Balaban J connectivity index is 1.84. The summed E-state index contributed by atoms with van der Waals surface area (Å²) in [5, 5.41) is 17.2. The van der Waals surface area contributed by atoms with Crippen molar-refractivity contribution in [1.29, 1.82) is 0 Å². The normalized spacial score (nSPS) is 15.9. The van der Waals surface area contributed by atoms with Gasteiger partial charge in [0.05, 0.1) is 0 Å². The lowest BCUT2D eigenvalue weighted by Gasteiger charge is -2.37. The van der Waals surface area contributed by atoms with Crippen molar-refractivity contribution in [2.75, 3.05) is 0 Å². The molecule has 0 spiro atoms. The van der Waals surface area contributed by atoms with Gasteiger partial charge in [0.2, 0.25) is 0 Å². The number of benzene rings is 4. The van der Waals surface area contributed by atoms with Crippen LogP contribution in [0.3, 0.4) is 0 Å². The first-order chi connectivity index (χ1) is 17.1. The van der Waals surface area contributed by atoms with Crippen LogP contribution in [0.25, 0.3) is 5.57 Å². The van der Waals surface area contributed by atoms with Gasteiger partial charge in [0.25, 0.3) is 0 Å². The summed E-state index contributed by atoms with van der Waals surface area (Å²) in [6.07, 6.45) is 5.45. The first-order valence-electron chi connectivity index (χ1n) is 11.7. The summed E-state index contributed by atoms with van der Waals surface area (Å²) in [4.78, 5) is 12.9. The first kappa shape index (κ1) is 21.5. The third-order valence-corrected chi connectivity index (χ3v) is 11.2. The molecular formula is C32H23O2P. The summed E-state index contributed by atoms with van der Waals surface area (Å²) in [7, 11) is -2.52. The van der Waals surface area contributed by atoms with Gasteiger partial charge in [0.15, 0.2) is 5.78 Å². The molecule has 0 saturated carbocycles. The van der Waals surface area contributed by atoms with Gasteiger partial charge in [-0.3, -0.25) is 4.79 Å². The van der Waals surface area contributed by atoms with Crippen LogP contribution in [0, 0.1) is 6.92 Å². The topological polar surface area (TPSA) is 40.1 Å². The van der Waals surface area contributed by atoms with E-state index in [9.17, 15) is 9.90 Å². The molecule has 35 heavy (non-hydrogen) atoms. The monoisotopic (exact) mass is 470 g/mol. The third-order valence-electron chi connectivity index (χ3n) is 6.90. The zero-order valence-electron chi connectivity index (χ0n) is 19.3. The molecular weight excluding hydrogens is 447 g/mol. The van der Waals surface area contributed by atoms with Gasteiger partial charge in [-0.15, -0.1) is 5.75 Å². The maximum absolute atomic E-state index is 12.9. The molecule has 2 nitrogen and oxygen atoms in total. The number of hydrogen-bond acceptors (Lipinski definition) is 2. The van der Waals surface area contributed by atoms with Gasteiger partial charge in [-0.2, -0.15) is 0 Å². The predicted octanol–water partition coefficient (Wildman–Crippen LogP) is 5.20. The zero-order chi connectivity index (χ0) is 24.0. The van der Waals surface area contributed by atoms with Gasteiger partial charge < -0.3 is 5.11 Å². The van der Waals surface area contributed by atoms with Gasteiger partial charge in [0, 0.05) is 22.8 Å². The molecule has 0 aromatic heterocycles. The van der Waals surface area contributed by atoms with Crippen LogP contribution in [0.15, 0.2) is 132 Å². The SMILES string of the molecule is Cc1ccccc1C1=C2C=CC(=O)C=C2[P+](c2ccccc2)(c2ccccc2)c2cc([O-])ccc21. The second kappa shape index (κ2) is 8.34. The fourth-order valence-corrected chi connectivity index (χ4v) is 10.1. The molecule has 2 aliphatic rings. The highest BCUT2D eigenvalue weighted by Crippen LogP contribution is 2.69. The van der Waals surface area contributed by atoms with E-state index < -0.39 is 7.26 Å². The van der Waals surface area contributed by atoms with Crippen LogP contribution in [-0.2, 0) is 4.79 Å². The Morgan fingerprint density at radius 2 is 1.31 bits per heavy atom. The van der Waals surface area contributed by atoms with Crippen molar-refractivity contribution >= 4 is 34.5 Å². The number of fused-ring (bicyclic) bond motifs is 2. The Bertz CT molecular complexity index is 1520.